The third kappa shape index (κ3) is 4.04. The van der Waals surface area contributed by atoms with E-state index in [9.17, 15) is 0 Å². The summed E-state index contributed by atoms with van der Waals surface area (Å²) in [4.78, 5) is 0. The van der Waals surface area contributed by atoms with Crippen LogP contribution in [0.15, 0.2) is 12.3 Å². The van der Waals surface area contributed by atoms with Crippen molar-refractivity contribution in [2.24, 2.45) is 5.92 Å². The van der Waals surface area contributed by atoms with E-state index in [1.165, 1.54) is 0 Å². The van der Waals surface area contributed by atoms with Gasteiger partial charge in [0.15, 0.2) is 0 Å². The van der Waals surface area contributed by atoms with Crippen LogP contribution in [0.25, 0.3) is 0 Å². The summed E-state index contributed by atoms with van der Waals surface area (Å²) in [6.45, 7) is 12.5. The third-order valence-corrected chi connectivity index (χ3v) is 1.55. The number of rotatable bonds is 4. The molecule has 0 amide bonds. The second-order valence-electron chi connectivity index (χ2n) is 3.49. The van der Waals surface area contributed by atoms with Gasteiger partial charge in [0.25, 0.3) is 0 Å². The Bertz CT molecular complexity index is 128. The standard InChI is InChI=1S/C9H20N2/c1-7(2)9(5)11(6)10-8(3)4/h7-8,10H,5H2,1-4,6H3. The Kier molecular flexibility index (Phi) is 4.19. The van der Waals surface area contributed by atoms with Gasteiger partial charge in [-0.05, 0) is 19.8 Å². The van der Waals surface area contributed by atoms with E-state index >= 15 is 0 Å². The van der Waals surface area contributed by atoms with E-state index in [4.69, 9.17) is 0 Å². The molecule has 2 nitrogen and oxygen atoms in total. The van der Waals surface area contributed by atoms with E-state index in [1.54, 1.807) is 0 Å². The predicted octanol–water partition coefficient (Wildman–Crippen LogP) is 2.00. The van der Waals surface area contributed by atoms with Crippen molar-refractivity contribution in [1.82, 2.24) is 10.4 Å². The van der Waals surface area contributed by atoms with Gasteiger partial charge in [0, 0.05) is 18.8 Å². The largest absolute Gasteiger partial charge is 0.316 e. The molecule has 0 spiro atoms. The molecular formula is C9H20N2. The molecular weight excluding hydrogens is 136 g/mol. The maximum atomic E-state index is 3.97. The van der Waals surface area contributed by atoms with Crippen molar-refractivity contribution in [3.8, 4) is 0 Å². The molecule has 1 N–H and O–H groups in total. The summed E-state index contributed by atoms with van der Waals surface area (Å²) in [7, 11) is 2.00. The minimum Gasteiger partial charge on any atom is -0.316 e. The molecule has 0 aliphatic rings. The molecule has 0 saturated heterocycles. The van der Waals surface area contributed by atoms with Gasteiger partial charge in [0.2, 0.25) is 0 Å². The van der Waals surface area contributed by atoms with Crippen LogP contribution in [0.2, 0.25) is 0 Å². The van der Waals surface area contributed by atoms with Crippen LogP contribution in [0.5, 0.6) is 0 Å². The lowest BCUT2D eigenvalue weighted by atomic mass is 10.1. The third-order valence-electron chi connectivity index (χ3n) is 1.55. The van der Waals surface area contributed by atoms with Crippen LogP contribution in [0, 0.1) is 5.92 Å². The summed E-state index contributed by atoms with van der Waals surface area (Å²) in [5.41, 5.74) is 4.38. The van der Waals surface area contributed by atoms with Gasteiger partial charge in [0.1, 0.15) is 0 Å². The van der Waals surface area contributed by atoms with Gasteiger partial charge >= 0.3 is 0 Å². The fourth-order valence-electron chi connectivity index (χ4n) is 0.858. The molecule has 0 aromatic heterocycles. The molecule has 0 heterocycles. The number of hydrogen-bond acceptors (Lipinski definition) is 2. The minimum atomic E-state index is 0.468. The van der Waals surface area contributed by atoms with Crippen LogP contribution in [-0.4, -0.2) is 18.1 Å². The first-order valence-electron chi connectivity index (χ1n) is 4.13. The molecule has 0 radical (unpaired) electrons. The monoisotopic (exact) mass is 156 g/mol. The summed E-state index contributed by atoms with van der Waals surface area (Å²) in [5, 5.41) is 2.00. The molecule has 0 rings (SSSR count). The molecule has 0 aliphatic carbocycles. The zero-order valence-corrected chi connectivity index (χ0v) is 8.31. The first-order chi connectivity index (χ1) is 4.95. The molecule has 0 aromatic carbocycles. The SMILES string of the molecule is C=C(C(C)C)N(C)NC(C)C. The number of allylic oxidation sites excluding steroid dienone is 1. The Morgan fingerprint density at radius 2 is 1.73 bits per heavy atom. The Morgan fingerprint density at radius 1 is 1.27 bits per heavy atom. The highest BCUT2D eigenvalue weighted by Gasteiger charge is 2.05. The van der Waals surface area contributed by atoms with E-state index in [2.05, 4.69) is 39.7 Å². The molecule has 2 heteroatoms. The van der Waals surface area contributed by atoms with E-state index < -0.39 is 0 Å². The lowest BCUT2D eigenvalue weighted by Gasteiger charge is -2.27. The van der Waals surface area contributed by atoms with Crippen LogP contribution in [0.4, 0.5) is 0 Å². The number of nitrogens with one attached hydrogen (secondary N) is 1. The highest BCUT2D eigenvalue weighted by atomic mass is 15.5. The van der Waals surface area contributed by atoms with Crippen molar-refractivity contribution in [3.05, 3.63) is 12.3 Å². The predicted molar refractivity (Wildman–Crippen MR) is 50.0 cm³/mol. The summed E-state index contributed by atoms with van der Waals surface area (Å²) in [6.07, 6.45) is 0. The van der Waals surface area contributed by atoms with Crippen LogP contribution in [-0.2, 0) is 0 Å². The maximum Gasteiger partial charge on any atom is 0.0244 e. The molecule has 66 valence electrons. The highest BCUT2D eigenvalue weighted by Crippen LogP contribution is 2.08. The lowest BCUT2D eigenvalue weighted by molar-refractivity contribution is 0.247. The van der Waals surface area contributed by atoms with Crippen molar-refractivity contribution in [1.29, 1.82) is 0 Å². The fourth-order valence-corrected chi connectivity index (χ4v) is 0.858. The molecule has 0 fully saturated rings. The first-order valence-corrected chi connectivity index (χ1v) is 4.13. The van der Waals surface area contributed by atoms with Crippen LogP contribution >= 0.6 is 0 Å². The fraction of sp³-hybridized carbons (Fsp3) is 0.778. The smallest absolute Gasteiger partial charge is 0.0244 e. The second-order valence-corrected chi connectivity index (χ2v) is 3.49. The average Bonchev–Trinajstić information content (AvgIpc) is 1.84. The van der Waals surface area contributed by atoms with Crippen molar-refractivity contribution in [2.45, 2.75) is 33.7 Å². The average molecular weight is 156 g/mol. The Balaban J connectivity index is 3.83. The topological polar surface area (TPSA) is 15.3 Å². The summed E-state index contributed by atoms with van der Waals surface area (Å²) in [5.74, 6) is 0.506. The molecule has 0 saturated carbocycles. The van der Waals surface area contributed by atoms with Gasteiger partial charge < -0.3 is 5.01 Å². The molecule has 0 atom stereocenters. The Morgan fingerprint density at radius 3 is 2.00 bits per heavy atom. The molecule has 0 aromatic rings. The summed E-state index contributed by atoms with van der Waals surface area (Å²) in [6, 6.07) is 0.468. The van der Waals surface area contributed by atoms with Crippen LogP contribution in [0.1, 0.15) is 27.7 Å². The lowest BCUT2D eigenvalue weighted by Crippen LogP contribution is -2.39. The highest BCUT2D eigenvalue weighted by molar-refractivity contribution is 4.93. The van der Waals surface area contributed by atoms with Crippen LogP contribution in [0.3, 0.4) is 0 Å². The van der Waals surface area contributed by atoms with E-state index in [0.29, 0.717) is 12.0 Å². The summed E-state index contributed by atoms with van der Waals surface area (Å²) >= 11 is 0. The van der Waals surface area contributed by atoms with Crippen molar-refractivity contribution in [3.63, 3.8) is 0 Å². The van der Waals surface area contributed by atoms with Crippen molar-refractivity contribution < 1.29 is 0 Å². The van der Waals surface area contributed by atoms with Gasteiger partial charge in [-0.25, -0.2) is 5.43 Å². The Hall–Kier alpha value is -0.500. The van der Waals surface area contributed by atoms with E-state index in [0.717, 1.165) is 5.70 Å². The summed E-state index contributed by atoms with van der Waals surface area (Å²) < 4.78 is 0. The second kappa shape index (κ2) is 4.39. The Labute approximate surface area is 70.2 Å². The number of hydrogen-bond donors (Lipinski definition) is 1. The molecule has 0 bridgehead atoms. The minimum absolute atomic E-state index is 0.468. The van der Waals surface area contributed by atoms with Gasteiger partial charge in [-0.3, -0.25) is 0 Å². The quantitative estimate of drug-likeness (QED) is 0.626. The zero-order chi connectivity index (χ0) is 9.02. The zero-order valence-electron chi connectivity index (χ0n) is 8.31. The number of nitrogens with zero attached hydrogens (tertiary/aromatic N) is 1. The normalized spacial score (nSPS) is 10.8. The van der Waals surface area contributed by atoms with Gasteiger partial charge in [-0.15, -0.1) is 0 Å². The maximum absolute atomic E-state index is 3.97. The molecule has 0 aliphatic heterocycles. The van der Waals surface area contributed by atoms with Gasteiger partial charge in [-0.1, -0.05) is 20.4 Å². The molecule has 11 heavy (non-hydrogen) atoms. The van der Waals surface area contributed by atoms with Gasteiger partial charge in [0.05, 0.1) is 0 Å². The van der Waals surface area contributed by atoms with Crippen LogP contribution < -0.4 is 5.43 Å². The van der Waals surface area contributed by atoms with Crippen molar-refractivity contribution >= 4 is 0 Å². The number of hydrazine groups is 1. The first kappa shape index (κ1) is 10.5. The van der Waals surface area contributed by atoms with E-state index in [1.807, 2.05) is 12.1 Å². The molecule has 0 unspecified atom stereocenters. The van der Waals surface area contributed by atoms with Gasteiger partial charge in [-0.2, -0.15) is 0 Å². The van der Waals surface area contributed by atoms with E-state index in [-0.39, 0.29) is 0 Å². The van der Waals surface area contributed by atoms with Crippen molar-refractivity contribution in [2.75, 3.05) is 7.05 Å².